The third-order valence-corrected chi connectivity index (χ3v) is 17.4. The van der Waals surface area contributed by atoms with E-state index < -0.39 is 310 Å². The van der Waals surface area contributed by atoms with E-state index in [1.54, 1.807) is 0 Å². The van der Waals surface area contributed by atoms with Crippen LogP contribution in [0.3, 0.4) is 0 Å². The molecule has 8 fully saturated rings. The molecule has 0 saturated carbocycles. The van der Waals surface area contributed by atoms with Crippen LogP contribution in [0.5, 0.6) is 0 Å². The molecule has 0 aromatic heterocycles. The quantitative estimate of drug-likeness (QED) is 0.0427. The number of ether oxygens (including phenoxy) is 15. The molecule has 0 unspecified atom stereocenters. The number of hydrogen-bond acceptors (Lipinski definition) is 41. The minimum Gasteiger partial charge on any atom is -0.394 e. The van der Waals surface area contributed by atoms with E-state index in [0.29, 0.717) is 0 Å². The Kier molecular flexibility index (Phi) is 27.9. The van der Waals surface area contributed by atoms with Crippen LogP contribution in [0.1, 0.15) is 13.8 Å². The molecule has 2 amide bonds. The summed E-state index contributed by atoms with van der Waals surface area (Å²) in [4.78, 5) is 24.9. The molecule has 8 heterocycles. The van der Waals surface area contributed by atoms with Gasteiger partial charge < -0.3 is 204 Å². The van der Waals surface area contributed by atoms with E-state index in [9.17, 15) is 132 Å². The maximum absolute atomic E-state index is 12.8. The molecule has 26 N–H and O–H groups in total. The molecule has 0 spiro atoms. The lowest BCUT2D eigenvalue weighted by atomic mass is 9.94. The normalized spacial score (nSPS) is 50.8. The molecule has 8 aliphatic rings. The van der Waals surface area contributed by atoms with Crippen LogP contribution in [-0.2, 0) is 80.6 Å². The minimum atomic E-state index is -2.49. The molecule has 552 valence electrons. The Hall–Kier alpha value is -2.62. The van der Waals surface area contributed by atoms with E-state index in [1.807, 2.05) is 0 Å². The van der Waals surface area contributed by atoms with Crippen LogP contribution < -0.4 is 10.6 Å². The minimum absolute atomic E-state index is 0.766. The molecule has 0 bridgehead atoms. The van der Waals surface area contributed by atoms with E-state index in [-0.39, 0.29) is 0 Å². The number of nitrogens with one attached hydrogen (secondary N) is 2. The maximum atomic E-state index is 12.8. The first-order valence-electron chi connectivity index (χ1n) is 30.1. The number of aliphatic hydroxyl groups is 24. The van der Waals surface area contributed by atoms with Crippen molar-refractivity contribution in [1.82, 2.24) is 10.6 Å². The first-order valence-corrected chi connectivity index (χ1v) is 30.1. The van der Waals surface area contributed by atoms with Gasteiger partial charge in [-0.1, -0.05) is 0 Å². The van der Waals surface area contributed by atoms with Gasteiger partial charge in [0.2, 0.25) is 11.8 Å². The summed E-state index contributed by atoms with van der Waals surface area (Å²) in [6.45, 7) is -6.26. The fourth-order valence-corrected chi connectivity index (χ4v) is 12.1. The molecule has 8 saturated heterocycles. The predicted octanol–water partition coefficient (Wildman–Crippen LogP) is -18.2. The highest BCUT2D eigenvalue weighted by Gasteiger charge is 2.59. The number of aliphatic hydroxyl groups excluding tert-OH is 24. The number of hydrogen-bond donors (Lipinski definition) is 26. The summed E-state index contributed by atoms with van der Waals surface area (Å²) in [6, 6.07) is -3.49. The second kappa shape index (κ2) is 33.9. The van der Waals surface area contributed by atoms with Crippen molar-refractivity contribution in [1.29, 1.82) is 0 Å². The van der Waals surface area contributed by atoms with E-state index >= 15 is 0 Å². The summed E-state index contributed by atoms with van der Waals surface area (Å²) >= 11 is 0. The van der Waals surface area contributed by atoms with Crippen LogP contribution in [0.25, 0.3) is 0 Å². The average molecular weight is 1400 g/mol. The van der Waals surface area contributed by atoms with Gasteiger partial charge in [0.25, 0.3) is 0 Å². The Morgan fingerprint density at radius 1 is 0.274 bits per heavy atom. The molecule has 0 aliphatic carbocycles. The van der Waals surface area contributed by atoms with Crippen molar-refractivity contribution in [2.24, 2.45) is 0 Å². The van der Waals surface area contributed by atoms with E-state index in [0.717, 1.165) is 13.8 Å². The Morgan fingerprint density at radius 2 is 0.568 bits per heavy atom. The molecule has 43 heteroatoms. The summed E-state index contributed by atoms with van der Waals surface area (Å²) in [5.41, 5.74) is 0. The van der Waals surface area contributed by atoms with Gasteiger partial charge in [-0.25, -0.2) is 0 Å². The van der Waals surface area contributed by atoms with Crippen LogP contribution in [-0.4, -0.2) is 433 Å². The molecule has 40 atom stereocenters. The Bertz CT molecular complexity index is 2380. The summed E-state index contributed by atoms with van der Waals surface area (Å²) in [5, 5.41) is 266. The molecule has 8 aliphatic heterocycles. The van der Waals surface area contributed by atoms with Crippen molar-refractivity contribution >= 4 is 11.8 Å². The van der Waals surface area contributed by atoms with Crippen molar-refractivity contribution in [2.75, 3.05) is 52.9 Å². The SMILES string of the molecule is CC(=O)N[C@@H]1[C@@H](O)[C@H](O[C@@H]2O[C@H](CO)[C@@H](O[C@@H]3O[C@H](CO[C@@H]4O[C@H](CO[C@@H]5O[C@H](CO)[C@@H](O)[C@H](O)[C@@H]5O)[C@@H](O)[C@H](O[C@H]5O[C@H](CO)[C@@H](O)[C@H](O)[C@@H]5O)[C@@H]4O)[C@@H](O)[C@H](O[C@H]4O[C@H](CO)[C@@H](O)[C@H](O)[C@@H]4O[C@H]4O[C@H](CO)[C@@H](O)[C@H](O)[C@@H]4O)[C@@H]3O)[C@H](O)[C@H]2NC(C)=O)[C@@H](CO)O[C@H]1O. The third-order valence-electron chi connectivity index (χ3n) is 17.4. The highest BCUT2D eigenvalue weighted by atomic mass is 16.8. The topological polar surface area (TPSA) is 682 Å². The lowest BCUT2D eigenvalue weighted by Crippen LogP contribution is -2.70. The first-order chi connectivity index (χ1) is 44.9. The number of carbonyl (C=O) groups is 2. The van der Waals surface area contributed by atoms with Crippen LogP contribution >= 0.6 is 0 Å². The van der Waals surface area contributed by atoms with E-state index in [4.69, 9.17) is 71.1 Å². The van der Waals surface area contributed by atoms with Gasteiger partial charge in [0.15, 0.2) is 50.3 Å². The lowest BCUT2D eigenvalue weighted by Gasteiger charge is -2.50. The van der Waals surface area contributed by atoms with Gasteiger partial charge in [-0.2, -0.15) is 0 Å². The van der Waals surface area contributed by atoms with Gasteiger partial charge in [-0.15, -0.1) is 0 Å². The fraction of sp³-hybridized carbons (Fsp3) is 0.962. The molecule has 8 rings (SSSR count). The standard InChI is InChI=1S/C52H88N2O41/c1-11(61)53-21-29(69)40(17(7-59)83-45(21)80)91-46-22(54-12(2)62)30(70)41(18(8-60)88-46)92-51-39(79)43(94-52-44(34(74)26(66)16(6-58)87-52)95-50-37(77)33(73)25(65)15(5-57)86-50)28(68)20(90-51)10-82-48-38(78)42(93-49-36(76)32(72)24(64)14(4-56)85-49)27(67)19(89-48)9-81-47-35(75)31(71)23(63)13(3-55)84-47/h13-52,55-60,63-80H,3-10H2,1-2H3,(H,53,61)(H,54,62)/t13-,14-,15-,16-,17-,18-,19-,20-,21-,22-,23-,24-,25-,26-,27-,28-,29-,30-,31+,32+,33+,34+,35+,36+,37+,38+,39+,40-,41-,42+,43+,44+,45-,46+,47-,48-,49-,50-,51+,52-/m1/s1. The maximum Gasteiger partial charge on any atom is 0.217 e. The summed E-state index contributed by atoms with van der Waals surface area (Å²) in [7, 11) is 0. The van der Waals surface area contributed by atoms with Crippen LogP contribution in [0, 0.1) is 0 Å². The molecule has 95 heavy (non-hydrogen) atoms. The second-order valence-electron chi connectivity index (χ2n) is 23.9. The van der Waals surface area contributed by atoms with Crippen molar-refractivity contribution < 1.29 is 203 Å². The zero-order chi connectivity index (χ0) is 69.9. The Labute approximate surface area is 536 Å². The van der Waals surface area contributed by atoms with Gasteiger partial charge in [-0.3, -0.25) is 9.59 Å². The largest absolute Gasteiger partial charge is 0.394 e. The second-order valence-corrected chi connectivity index (χ2v) is 23.9. The zero-order valence-electron chi connectivity index (χ0n) is 50.4. The van der Waals surface area contributed by atoms with Gasteiger partial charge in [-0.05, 0) is 0 Å². The highest BCUT2D eigenvalue weighted by molar-refractivity contribution is 5.73. The average Bonchev–Trinajstić information content (AvgIpc) is 0.779. The van der Waals surface area contributed by atoms with Gasteiger partial charge in [0.05, 0.1) is 52.9 Å². The van der Waals surface area contributed by atoms with Crippen LogP contribution in [0.2, 0.25) is 0 Å². The summed E-state index contributed by atoms with van der Waals surface area (Å²) in [5.74, 6) is -1.68. The Morgan fingerprint density at radius 3 is 1.02 bits per heavy atom. The van der Waals surface area contributed by atoms with E-state index in [2.05, 4.69) is 10.6 Å². The molecule has 0 aromatic rings. The van der Waals surface area contributed by atoms with Gasteiger partial charge in [0.1, 0.15) is 195 Å². The zero-order valence-corrected chi connectivity index (χ0v) is 50.4. The van der Waals surface area contributed by atoms with Crippen LogP contribution in [0.4, 0.5) is 0 Å². The first kappa shape index (κ1) is 78.1. The third kappa shape index (κ3) is 17.0. The highest BCUT2D eigenvalue weighted by Crippen LogP contribution is 2.38. The van der Waals surface area contributed by atoms with Gasteiger partial charge in [0, 0.05) is 13.8 Å². The smallest absolute Gasteiger partial charge is 0.217 e. The fourth-order valence-electron chi connectivity index (χ4n) is 12.1. The monoisotopic (exact) mass is 1400 g/mol. The lowest BCUT2D eigenvalue weighted by molar-refractivity contribution is -0.399. The Balaban J connectivity index is 1.12. The summed E-state index contributed by atoms with van der Waals surface area (Å²) < 4.78 is 86.6. The molecule has 0 aromatic carbocycles. The van der Waals surface area contributed by atoms with Crippen molar-refractivity contribution in [3.05, 3.63) is 0 Å². The van der Waals surface area contributed by atoms with E-state index in [1.165, 1.54) is 0 Å². The number of rotatable bonds is 24. The predicted molar refractivity (Wildman–Crippen MR) is 288 cm³/mol. The molecule has 0 radical (unpaired) electrons. The molecular formula is C52H88N2O41. The van der Waals surface area contributed by atoms with Gasteiger partial charge >= 0.3 is 0 Å². The number of carbonyl (C=O) groups excluding carboxylic acids is 2. The van der Waals surface area contributed by atoms with Crippen molar-refractivity contribution in [3.8, 4) is 0 Å². The molecule has 43 nitrogen and oxygen atoms in total. The molecular weight excluding hydrogens is 1310 g/mol. The number of amides is 2. The summed E-state index contributed by atoms with van der Waals surface area (Å²) in [6.07, 6.45) is -77.9. The van der Waals surface area contributed by atoms with Crippen molar-refractivity contribution in [2.45, 2.75) is 259 Å². The van der Waals surface area contributed by atoms with Crippen molar-refractivity contribution in [3.63, 3.8) is 0 Å². The van der Waals surface area contributed by atoms with Crippen LogP contribution in [0.15, 0.2) is 0 Å².